The van der Waals surface area contributed by atoms with Crippen molar-refractivity contribution < 1.29 is 36.9 Å². The summed E-state index contributed by atoms with van der Waals surface area (Å²) < 4.78 is 63.1. The smallest absolute Gasteiger partial charge is 0.315 e. The second-order valence-corrected chi connectivity index (χ2v) is 7.77. The molecule has 0 radical (unpaired) electrons. The highest BCUT2D eigenvalue weighted by Crippen LogP contribution is 2.31. The van der Waals surface area contributed by atoms with Gasteiger partial charge in [0, 0.05) is 18.3 Å². The number of hydrogen-bond acceptors (Lipinski definition) is 6. The Bertz CT molecular complexity index is 1030. The molecule has 178 valence electrons. The lowest BCUT2D eigenvalue weighted by Crippen LogP contribution is -2.48. The van der Waals surface area contributed by atoms with E-state index in [0.717, 1.165) is 18.9 Å². The molecule has 1 aromatic carbocycles. The number of methoxy groups -OCH3 is 1. The Morgan fingerprint density at radius 1 is 1.21 bits per heavy atom. The van der Waals surface area contributed by atoms with Gasteiger partial charge in [-0.1, -0.05) is 0 Å². The molecule has 0 aliphatic carbocycles. The number of fused-ring (bicyclic) bond motifs is 1. The Kier molecular flexibility index (Phi) is 6.89. The van der Waals surface area contributed by atoms with E-state index in [0.29, 0.717) is 12.4 Å². The van der Waals surface area contributed by atoms with Crippen molar-refractivity contribution in [1.82, 2.24) is 15.6 Å². The number of amides is 2. The number of halogens is 3. The fraction of sp³-hybridized carbons (Fsp3) is 0.455. The van der Waals surface area contributed by atoms with Crippen LogP contribution >= 0.6 is 0 Å². The number of carbonyl (C=O) groups excluding carboxylic acids is 1. The minimum atomic E-state index is -1.60. The molecule has 0 saturated carbocycles. The molecule has 0 unspecified atom stereocenters. The quantitative estimate of drug-likeness (QED) is 0.608. The second kappa shape index (κ2) is 9.84. The number of benzene rings is 1. The van der Waals surface area contributed by atoms with Gasteiger partial charge in [-0.3, -0.25) is 4.98 Å². The third-order valence-corrected chi connectivity index (χ3v) is 5.64. The van der Waals surface area contributed by atoms with Crippen molar-refractivity contribution in [2.75, 3.05) is 26.9 Å². The van der Waals surface area contributed by atoms with Crippen molar-refractivity contribution in [1.29, 1.82) is 0 Å². The summed E-state index contributed by atoms with van der Waals surface area (Å²) in [6.45, 7) is 2.44. The molecule has 1 aromatic heterocycles. The van der Waals surface area contributed by atoms with Gasteiger partial charge in [0.05, 0.1) is 32.1 Å². The number of hydrogen-bond donors (Lipinski definition) is 2. The normalized spacial score (nSPS) is 23.8. The Morgan fingerprint density at radius 2 is 2.00 bits per heavy atom. The molecular formula is C22H24F3N3O5. The molecule has 2 aromatic rings. The molecule has 2 N–H and O–H groups in total. The molecule has 2 saturated heterocycles. The summed E-state index contributed by atoms with van der Waals surface area (Å²) in [6.07, 6.45) is 0.667. The van der Waals surface area contributed by atoms with E-state index < -0.39 is 35.3 Å². The average molecular weight is 467 g/mol. The van der Waals surface area contributed by atoms with Gasteiger partial charge >= 0.3 is 6.03 Å². The maximum atomic E-state index is 13.8. The number of carbonyl (C=O) groups is 1. The molecular weight excluding hydrogens is 443 g/mol. The highest BCUT2D eigenvalue weighted by molar-refractivity contribution is 5.74. The first-order chi connectivity index (χ1) is 15.9. The number of aromatic nitrogens is 1. The van der Waals surface area contributed by atoms with Crippen molar-refractivity contribution in [3.63, 3.8) is 0 Å². The number of nitrogens with one attached hydrogen (secondary N) is 2. The molecule has 2 amide bonds. The van der Waals surface area contributed by atoms with E-state index in [1.165, 1.54) is 0 Å². The van der Waals surface area contributed by atoms with E-state index in [-0.39, 0.29) is 43.4 Å². The van der Waals surface area contributed by atoms with Crippen LogP contribution in [0.25, 0.3) is 0 Å². The van der Waals surface area contributed by atoms with Crippen LogP contribution in [0.5, 0.6) is 11.5 Å². The first kappa shape index (κ1) is 23.1. The van der Waals surface area contributed by atoms with Gasteiger partial charge in [0.25, 0.3) is 0 Å². The SMILES string of the molecule is COc1c(CCNC(=O)N[C@H]2CO[C@H]3[C@@H]2OC[C@@H]3Oc2cccnc2C)cc(F)c(F)c1F. The van der Waals surface area contributed by atoms with Crippen molar-refractivity contribution in [3.8, 4) is 11.5 Å². The summed E-state index contributed by atoms with van der Waals surface area (Å²) in [7, 11) is 1.16. The van der Waals surface area contributed by atoms with Crippen LogP contribution in [0, 0.1) is 24.4 Å². The second-order valence-electron chi connectivity index (χ2n) is 7.77. The van der Waals surface area contributed by atoms with E-state index in [2.05, 4.69) is 15.6 Å². The highest BCUT2D eigenvalue weighted by Gasteiger charge is 2.49. The Morgan fingerprint density at radius 3 is 2.76 bits per heavy atom. The van der Waals surface area contributed by atoms with Gasteiger partial charge in [-0.2, -0.15) is 4.39 Å². The summed E-state index contributed by atoms with van der Waals surface area (Å²) in [5.74, 6) is -4.07. The third-order valence-electron chi connectivity index (χ3n) is 5.64. The molecule has 8 nitrogen and oxygen atoms in total. The number of aryl methyl sites for hydroxylation is 1. The third kappa shape index (κ3) is 4.83. The number of nitrogens with zero attached hydrogens (tertiary/aromatic N) is 1. The van der Waals surface area contributed by atoms with Gasteiger partial charge in [0.1, 0.15) is 18.0 Å². The van der Waals surface area contributed by atoms with Crippen LogP contribution in [0.2, 0.25) is 0 Å². The summed E-state index contributed by atoms with van der Waals surface area (Å²) in [5.41, 5.74) is 0.855. The van der Waals surface area contributed by atoms with Crippen LogP contribution in [-0.4, -0.2) is 62.2 Å². The number of urea groups is 1. The van der Waals surface area contributed by atoms with Crippen molar-refractivity contribution >= 4 is 6.03 Å². The molecule has 3 heterocycles. The molecule has 4 atom stereocenters. The molecule has 2 aliphatic rings. The summed E-state index contributed by atoms with van der Waals surface area (Å²) in [5, 5.41) is 5.39. The number of rotatable bonds is 7. The average Bonchev–Trinajstić information content (AvgIpc) is 3.37. The largest absolute Gasteiger partial charge is 0.493 e. The predicted octanol–water partition coefficient (Wildman–Crippen LogP) is 2.27. The van der Waals surface area contributed by atoms with E-state index in [1.807, 2.05) is 13.0 Å². The van der Waals surface area contributed by atoms with Gasteiger partial charge < -0.3 is 29.6 Å². The van der Waals surface area contributed by atoms with Gasteiger partial charge in [-0.25, -0.2) is 13.6 Å². The first-order valence-electron chi connectivity index (χ1n) is 10.4. The molecule has 0 bridgehead atoms. The van der Waals surface area contributed by atoms with E-state index in [9.17, 15) is 18.0 Å². The van der Waals surface area contributed by atoms with Gasteiger partial charge in [-0.05, 0) is 31.5 Å². The van der Waals surface area contributed by atoms with Crippen LogP contribution in [0.4, 0.5) is 18.0 Å². The predicted molar refractivity (Wildman–Crippen MR) is 110 cm³/mol. The van der Waals surface area contributed by atoms with Crippen molar-refractivity contribution in [2.24, 2.45) is 0 Å². The fourth-order valence-electron chi connectivity index (χ4n) is 4.01. The van der Waals surface area contributed by atoms with Crippen molar-refractivity contribution in [2.45, 2.75) is 37.7 Å². The maximum absolute atomic E-state index is 13.8. The molecule has 33 heavy (non-hydrogen) atoms. The number of pyridine rings is 1. The molecule has 2 fully saturated rings. The van der Waals surface area contributed by atoms with Gasteiger partial charge in [0.15, 0.2) is 23.5 Å². The molecule has 4 rings (SSSR count). The van der Waals surface area contributed by atoms with Crippen LogP contribution < -0.4 is 20.1 Å². The Balaban J connectivity index is 1.28. The summed E-state index contributed by atoms with van der Waals surface area (Å²) in [6, 6.07) is 3.56. The van der Waals surface area contributed by atoms with Gasteiger partial charge in [0.2, 0.25) is 5.82 Å². The highest BCUT2D eigenvalue weighted by atomic mass is 19.2. The molecule has 0 spiro atoms. The van der Waals surface area contributed by atoms with Crippen LogP contribution in [0.15, 0.2) is 24.4 Å². The minimum absolute atomic E-state index is 0.0365. The maximum Gasteiger partial charge on any atom is 0.315 e. The summed E-state index contributed by atoms with van der Waals surface area (Å²) in [4.78, 5) is 16.5. The fourth-order valence-corrected chi connectivity index (χ4v) is 4.01. The molecule has 11 heteroatoms. The lowest BCUT2D eigenvalue weighted by atomic mass is 10.1. The van der Waals surface area contributed by atoms with Crippen LogP contribution in [0.3, 0.4) is 0 Å². The van der Waals surface area contributed by atoms with E-state index in [1.54, 1.807) is 12.3 Å². The summed E-state index contributed by atoms with van der Waals surface area (Å²) >= 11 is 0. The molecule has 2 aliphatic heterocycles. The lowest BCUT2D eigenvalue weighted by molar-refractivity contribution is 0.0299. The topological polar surface area (TPSA) is 90.9 Å². The lowest BCUT2D eigenvalue weighted by Gasteiger charge is -2.19. The van der Waals surface area contributed by atoms with Gasteiger partial charge in [-0.15, -0.1) is 0 Å². The first-order valence-corrected chi connectivity index (χ1v) is 10.4. The monoisotopic (exact) mass is 467 g/mol. The van der Waals surface area contributed by atoms with Crippen LogP contribution in [0.1, 0.15) is 11.3 Å². The van der Waals surface area contributed by atoms with E-state index in [4.69, 9.17) is 18.9 Å². The zero-order valence-corrected chi connectivity index (χ0v) is 18.1. The zero-order valence-electron chi connectivity index (χ0n) is 18.1. The van der Waals surface area contributed by atoms with Crippen LogP contribution in [-0.2, 0) is 15.9 Å². The minimum Gasteiger partial charge on any atom is -0.493 e. The Hall–Kier alpha value is -3.05. The standard InChI is InChI=1S/C22H24F3N3O5/c1-11-15(4-3-6-26-11)33-16-10-32-20-14(9-31-21(16)20)28-22(29)27-7-5-12-8-13(23)17(24)18(25)19(12)30-2/h3-4,6,8,14,16,20-21H,5,7,9-10H2,1-2H3,(H2,27,28,29)/t14-,16-,20+,21+/m0/s1. The van der Waals surface area contributed by atoms with E-state index >= 15 is 0 Å². The zero-order chi connectivity index (χ0) is 23.5. The van der Waals surface area contributed by atoms with Crippen molar-refractivity contribution in [3.05, 3.63) is 53.1 Å². The Labute approximate surface area is 188 Å². The number of ether oxygens (including phenoxy) is 4.